The maximum absolute atomic E-state index is 11.8. The number of nitro benzene ring substituents is 1. The molecule has 30 heavy (non-hydrogen) atoms. The van der Waals surface area contributed by atoms with Crippen molar-refractivity contribution >= 4 is 45.1 Å². The highest BCUT2D eigenvalue weighted by Crippen LogP contribution is 2.39. The Morgan fingerprint density at radius 1 is 0.800 bits per heavy atom. The average molecular weight is 439 g/mol. The molecule has 0 aliphatic heterocycles. The molecule has 0 heterocycles. The number of benzene rings is 3. The first-order valence-corrected chi connectivity index (χ1v) is 10.5. The van der Waals surface area contributed by atoms with E-state index in [-0.39, 0.29) is 15.9 Å². The molecule has 0 radical (unpaired) electrons. The Morgan fingerprint density at radius 3 is 1.63 bits per heavy atom. The van der Waals surface area contributed by atoms with Gasteiger partial charge < -0.3 is 5.73 Å². The molecule has 3 rings (SSSR count). The van der Waals surface area contributed by atoms with Crippen LogP contribution in [0, 0.1) is 10.1 Å². The van der Waals surface area contributed by atoms with Crippen molar-refractivity contribution < 1.29 is 14.5 Å². The number of nitrogen functional groups attached to an aromatic ring is 1. The zero-order valence-corrected chi connectivity index (χ0v) is 17.9. The van der Waals surface area contributed by atoms with Gasteiger partial charge in [0.2, 0.25) is 0 Å². The van der Waals surface area contributed by atoms with Crippen molar-refractivity contribution in [2.24, 2.45) is 0 Å². The second kappa shape index (κ2) is 9.15. The van der Waals surface area contributed by atoms with Gasteiger partial charge in [-0.3, -0.25) is 19.7 Å². The monoisotopic (exact) mass is 438 g/mol. The molecule has 3 aromatic carbocycles. The van der Waals surface area contributed by atoms with E-state index >= 15 is 0 Å². The van der Waals surface area contributed by atoms with Gasteiger partial charge in [0.05, 0.1) is 10.5 Å². The van der Waals surface area contributed by atoms with E-state index in [1.54, 1.807) is 54.6 Å². The number of nitrogens with two attached hydrogens (primary N) is 1. The average Bonchev–Trinajstić information content (AvgIpc) is 2.68. The molecule has 6 nitrogen and oxygen atoms in total. The maximum Gasteiger partial charge on any atom is 0.277 e. The summed E-state index contributed by atoms with van der Waals surface area (Å²) in [5.74, 6) is 0. The van der Waals surface area contributed by atoms with E-state index in [9.17, 15) is 19.7 Å². The Morgan fingerprint density at radius 2 is 1.23 bits per heavy atom. The zero-order valence-electron chi connectivity index (χ0n) is 16.2. The van der Waals surface area contributed by atoms with Crippen LogP contribution in [-0.4, -0.2) is 15.2 Å². The van der Waals surface area contributed by atoms with Gasteiger partial charge in [0.25, 0.3) is 5.69 Å². The van der Waals surface area contributed by atoms with E-state index in [0.717, 1.165) is 38.9 Å². The molecule has 3 aromatic rings. The number of nitro groups is 1. The standard InChI is InChI=1S/C22H18N2O4S2/c1-13(25)29-17-7-3-15(4-8-17)19-12-22(24(27)28)20(11-21(19)23)16-5-9-18(10-6-16)30-14(2)26/h3-12H,23H2,1-2H3. The lowest BCUT2D eigenvalue weighted by Crippen LogP contribution is -1.97. The van der Waals surface area contributed by atoms with Gasteiger partial charge in [0, 0.05) is 41.0 Å². The fraction of sp³-hybridized carbons (Fsp3) is 0.0909. The number of anilines is 1. The maximum atomic E-state index is 11.8. The van der Waals surface area contributed by atoms with Crippen LogP contribution in [0.1, 0.15) is 13.8 Å². The first-order chi connectivity index (χ1) is 14.2. The summed E-state index contributed by atoms with van der Waals surface area (Å²) in [7, 11) is 0. The number of hydrogen-bond acceptors (Lipinski definition) is 7. The van der Waals surface area contributed by atoms with Gasteiger partial charge in [-0.25, -0.2) is 0 Å². The lowest BCUT2D eigenvalue weighted by Gasteiger charge is -2.11. The van der Waals surface area contributed by atoms with Gasteiger partial charge >= 0.3 is 0 Å². The van der Waals surface area contributed by atoms with Crippen LogP contribution in [0.2, 0.25) is 0 Å². The molecule has 0 aliphatic carbocycles. The molecule has 0 amide bonds. The number of carbonyl (C=O) groups excluding carboxylic acids is 2. The third kappa shape index (κ3) is 5.08. The Bertz CT molecular complexity index is 1130. The molecule has 0 atom stereocenters. The smallest absolute Gasteiger partial charge is 0.277 e. The minimum absolute atomic E-state index is 0.0185. The van der Waals surface area contributed by atoms with Crippen LogP contribution in [0.25, 0.3) is 22.3 Å². The van der Waals surface area contributed by atoms with Gasteiger partial charge in [-0.2, -0.15) is 0 Å². The molecule has 0 fully saturated rings. The highest BCUT2D eigenvalue weighted by atomic mass is 32.2. The number of rotatable bonds is 5. The minimum Gasteiger partial charge on any atom is -0.398 e. The fourth-order valence-corrected chi connectivity index (χ4v) is 4.18. The second-order valence-corrected chi connectivity index (χ2v) is 8.95. The van der Waals surface area contributed by atoms with Gasteiger partial charge in [-0.1, -0.05) is 47.8 Å². The molecule has 8 heteroatoms. The van der Waals surface area contributed by atoms with E-state index < -0.39 is 4.92 Å². The molecule has 0 saturated carbocycles. The predicted octanol–water partition coefficient (Wildman–Crippen LogP) is 5.79. The minimum atomic E-state index is -0.434. The van der Waals surface area contributed by atoms with Crippen molar-refractivity contribution in [1.29, 1.82) is 0 Å². The molecule has 0 spiro atoms. The zero-order chi connectivity index (χ0) is 21.8. The topological polar surface area (TPSA) is 103 Å². The summed E-state index contributed by atoms with van der Waals surface area (Å²) in [4.78, 5) is 35.4. The summed E-state index contributed by atoms with van der Waals surface area (Å²) in [6.45, 7) is 2.97. The van der Waals surface area contributed by atoms with E-state index in [0.29, 0.717) is 22.4 Å². The van der Waals surface area contributed by atoms with Crippen LogP contribution < -0.4 is 5.73 Å². The Hall–Kier alpha value is -3.10. The van der Waals surface area contributed by atoms with E-state index in [1.165, 1.54) is 19.9 Å². The quantitative estimate of drug-likeness (QED) is 0.233. The van der Waals surface area contributed by atoms with Crippen molar-refractivity contribution in [2.45, 2.75) is 23.6 Å². The van der Waals surface area contributed by atoms with Crippen molar-refractivity contribution in [3.63, 3.8) is 0 Å². The Balaban J connectivity index is 2.01. The van der Waals surface area contributed by atoms with Crippen LogP contribution in [0.4, 0.5) is 11.4 Å². The van der Waals surface area contributed by atoms with Crippen molar-refractivity contribution in [3.05, 3.63) is 70.8 Å². The van der Waals surface area contributed by atoms with Crippen LogP contribution in [0.5, 0.6) is 0 Å². The number of carbonyl (C=O) groups is 2. The molecule has 0 aromatic heterocycles. The molecule has 0 unspecified atom stereocenters. The molecule has 152 valence electrons. The normalized spacial score (nSPS) is 10.6. The second-order valence-electron chi connectivity index (χ2n) is 6.45. The fourth-order valence-electron chi connectivity index (χ4n) is 2.97. The summed E-state index contributed by atoms with van der Waals surface area (Å²) in [6.07, 6.45) is 0. The van der Waals surface area contributed by atoms with Crippen LogP contribution >= 0.6 is 23.5 Å². The van der Waals surface area contributed by atoms with Gasteiger partial charge in [-0.15, -0.1) is 0 Å². The van der Waals surface area contributed by atoms with Gasteiger partial charge in [0.15, 0.2) is 10.2 Å². The summed E-state index contributed by atoms with van der Waals surface area (Å²) in [5.41, 5.74) is 8.91. The van der Waals surface area contributed by atoms with Gasteiger partial charge in [-0.05, 0) is 41.5 Å². The van der Waals surface area contributed by atoms with Crippen LogP contribution in [0.3, 0.4) is 0 Å². The third-order valence-corrected chi connectivity index (χ3v) is 5.81. The highest BCUT2D eigenvalue weighted by Gasteiger charge is 2.19. The van der Waals surface area contributed by atoms with Crippen LogP contribution in [-0.2, 0) is 9.59 Å². The number of thioether (sulfide) groups is 2. The summed E-state index contributed by atoms with van der Waals surface area (Å²) < 4.78 is 0. The summed E-state index contributed by atoms with van der Waals surface area (Å²) in [6, 6.07) is 17.2. The molecular formula is C22H18N2O4S2. The van der Waals surface area contributed by atoms with Crippen molar-refractivity contribution in [1.82, 2.24) is 0 Å². The largest absolute Gasteiger partial charge is 0.398 e. The molecule has 0 bridgehead atoms. The van der Waals surface area contributed by atoms with Crippen molar-refractivity contribution in [2.75, 3.05) is 5.73 Å². The first kappa shape index (κ1) is 21.6. The molecular weight excluding hydrogens is 420 g/mol. The number of nitrogens with zero attached hydrogens (tertiary/aromatic N) is 1. The van der Waals surface area contributed by atoms with E-state index in [4.69, 9.17) is 5.73 Å². The summed E-state index contributed by atoms with van der Waals surface area (Å²) >= 11 is 2.22. The van der Waals surface area contributed by atoms with Crippen molar-refractivity contribution in [3.8, 4) is 22.3 Å². The Kier molecular flexibility index (Phi) is 6.59. The SMILES string of the molecule is CC(=O)Sc1ccc(-c2cc([N+](=O)[O-])c(-c3ccc(SC(C)=O)cc3)cc2N)cc1. The first-order valence-electron chi connectivity index (χ1n) is 8.90. The molecule has 0 saturated heterocycles. The van der Waals surface area contributed by atoms with E-state index in [2.05, 4.69) is 0 Å². The Labute approximate surface area is 182 Å². The lowest BCUT2D eigenvalue weighted by atomic mass is 9.96. The van der Waals surface area contributed by atoms with E-state index in [1.807, 2.05) is 0 Å². The number of hydrogen-bond donors (Lipinski definition) is 1. The predicted molar refractivity (Wildman–Crippen MR) is 121 cm³/mol. The van der Waals surface area contributed by atoms with Crippen LogP contribution in [0.15, 0.2) is 70.5 Å². The summed E-state index contributed by atoms with van der Waals surface area (Å²) in [5, 5.41) is 11.7. The lowest BCUT2D eigenvalue weighted by molar-refractivity contribution is -0.384. The van der Waals surface area contributed by atoms with Gasteiger partial charge in [0.1, 0.15) is 0 Å². The molecule has 0 aliphatic rings. The molecule has 2 N–H and O–H groups in total. The third-order valence-electron chi connectivity index (χ3n) is 4.22. The highest BCUT2D eigenvalue weighted by molar-refractivity contribution is 8.13.